The second-order valence-electron chi connectivity index (χ2n) is 6.27. The van der Waals surface area contributed by atoms with Crippen molar-refractivity contribution in [3.05, 3.63) is 71.5 Å². The number of para-hydroxylation sites is 1. The van der Waals surface area contributed by atoms with Crippen LogP contribution in [0.2, 0.25) is 0 Å². The largest absolute Gasteiger partial charge is 0.370 e. The van der Waals surface area contributed by atoms with Crippen molar-refractivity contribution < 1.29 is 13.9 Å². The minimum Gasteiger partial charge on any atom is -0.370 e. The Kier molecular flexibility index (Phi) is 4.26. The number of rotatable bonds is 3. The number of nitrogens with zero attached hydrogens (tertiary/aromatic N) is 2. The van der Waals surface area contributed by atoms with E-state index in [0.717, 1.165) is 16.5 Å². The zero-order valence-corrected chi connectivity index (χ0v) is 14.1. The third kappa shape index (κ3) is 3.11. The maximum absolute atomic E-state index is 13.2. The molecule has 2 aromatic carbocycles. The van der Waals surface area contributed by atoms with Gasteiger partial charge in [-0.25, -0.2) is 9.37 Å². The van der Waals surface area contributed by atoms with Crippen LogP contribution in [0.4, 0.5) is 10.2 Å². The first kappa shape index (κ1) is 16.5. The molecule has 1 unspecified atom stereocenters. The number of morpholine rings is 1. The zero-order chi connectivity index (χ0) is 18.1. The van der Waals surface area contributed by atoms with Crippen LogP contribution in [0.1, 0.15) is 22.0 Å². The molecule has 1 amide bonds. The Hall–Kier alpha value is -2.99. The quantitative estimate of drug-likeness (QED) is 0.787. The number of aromatic nitrogens is 1. The molecular formula is C20H18FN3O2. The van der Waals surface area contributed by atoms with Crippen LogP contribution in [0.5, 0.6) is 0 Å². The molecular weight excluding hydrogens is 333 g/mol. The number of benzene rings is 2. The number of primary amides is 1. The van der Waals surface area contributed by atoms with Crippen LogP contribution in [0.3, 0.4) is 0 Å². The lowest BCUT2D eigenvalue weighted by atomic mass is 10.1. The van der Waals surface area contributed by atoms with Crippen molar-refractivity contribution in [2.24, 2.45) is 5.73 Å². The number of pyridine rings is 1. The standard InChI is InChI=1S/C20H18FN3O2/c21-14-7-5-13(6-8-14)18-12-24(9-10-26-18)19-11-16(20(22)25)15-3-1-2-4-17(15)23-19/h1-8,11,18H,9-10,12H2,(H2,22,25). The van der Waals surface area contributed by atoms with Crippen molar-refractivity contribution in [1.29, 1.82) is 0 Å². The van der Waals surface area contributed by atoms with E-state index in [1.165, 1.54) is 12.1 Å². The van der Waals surface area contributed by atoms with Gasteiger partial charge in [-0.2, -0.15) is 0 Å². The van der Waals surface area contributed by atoms with E-state index in [2.05, 4.69) is 9.88 Å². The van der Waals surface area contributed by atoms with Crippen molar-refractivity contribution >= 4 is 22.6 Å². The average Bonchev–Trinajstić information content (AvgIpc) is 2.67. The van der Waals surface area contributed by atoms with Crippen LogP contribution >= 0.6 is 0 Å². The summed E-state index contributed by atoms with van der Waals surface area (Å²) in [5.74, 6) is -0.0650. The minimum absolute atomic E-state index is 0.186. The van der Waals surface area contributed by atoms with Crippen molar-refractivity contribution in [1.82, 2.24) is 4.98 Å². The Bertz CT molecular complexity index is 959. The summed E-state index contributed by atoms with van der Waals surface area (Å²) in [5, 5.41) is 0.743. The molecule has 0 bridgehead atoms. The van der Waals surface area contributed by atoms with Gasteiger partial charge in [0.1, 0.15) is 17.7 Å². The molecule has 1 aliphatic rings. The van der Waals surface area contributed by atoms with Crippen molar-refractivity contribution in [2.45, 2.75) is 6.10 Å². The number of hydrogen-bond acceptors (Lipinski definition) is 4. The molecule has 1 atom stereocenters. The van der Waals surface area contributed by atoms with Crippen LogP contribution < -0.4 is 10.6 Å². The molecule has 2 N–H and O–H groups in total. The second kappa shape index (κ2) is 6.72. The Balaban J connectivity index is 1.68. The monoisotopic (exact) mass is 351 g/mol. The van der Waals surface area contributed by atoms with Gasteiger partial charge >= 0.3 is 0 Å². The smallest absolute Gasteiger partial charge is 0.249 e. The molecule has 1 saturated heterocycles. The molecule has 6 heteroatoms. The highest BCUT2D eigenvalue weighted by atomic mass is 19.1. The number of anilines is 1. The fourth-order valence-electron chi connectivity index (χ4n) is 3.26. The number of ether oxygens (including phenoxy) is 1. The van der Waals surface area contributed by atoms with Gasteiger partial charge in [0.15, 0.2) is 0 Å². The van der Waals surface area contributed by atoms with E-state index in [4.69, 9.17) is 10.5 Å². The maximum atomic E-state index is 13.2. The first-order chi connectivity index (χ1) is 12.6. The van der Waals surface area contributed by atoms with E-state index in [9.17, 15) is 9.18 Å². The predicted octanol–water partition coefficient (Wildman–Crippen LogP) is 3.05. The summed E-state index contributed by atoms with van der Waals surface area (Å²) < 4.78 is 19.0. The third-order valence-electron chi connectivity index (χ3n) is 4.60. The van der Waals surface area contributed by atoms with E-state index >= 15 is 0 Å². The van der Waals surface area contributed by atoms with E-state index in [0.29, 0.717) is 31.1 Å². The van der Waals surface area contributed by atoms with Crippen LogP contribution in [0.15, 0.2) is 54.6 Å². The minimum atomic E-state index is -0.479. The lowest BCUT2D eigenvalue weighted by Gasteiger charge is -2.34. The number of amides is 1. The van der Waals surface area contributed by atoms with Gasteiger partial charge in [0.05, 0.1) is 17.7 Å². The second-order valence-corrected chi connectivity index (χ2v) is 6.27. The Labute approximate surface area is 150 Å². The molecule has 0 aliphatic carbocycles. The highest BCUT2D eigenvalue weighted by Crippen LogP contribution is 2.28. The summed E-state index contributed by atoms with van der Waals surface area (Å²) in [4.78, 5) is 18.6. The van der Waals surface area contributed by atoms with Gasteiger partial charge in [0.25, 0.3) is 0 Å². The molecule has 2 heterocycles. The Morgan fingerprint density at radius 1 is 1.19 bits per heavy atom. The van der Waals surface area contributed by atoms with Crippen LogP contribution in [-0.2, 0) is 4.74 Å². The van der Waals surface area contributed by atoms with Crippen LogP contribution in [-0.4, -0.2) is 30.6 Å². The van der Waals surface area contributed by atoms with Crippen molar-refractivity contribution in [3.8, 4) is 0 Å². The van der Waals surface area contributed by atoms with Crippen LogP contribution in [0, 0.1) is 5.82 Å². The normalized spacial score (nSPS) is 17.4. The summed E-state index contributed by atoms with van der Waals surface area (Å²) in [6, 6.07) is 15.5. The van der Waals surface area contributed by atoms with Gasteiger partial charge in [-0.15, -0.1) is 0 Å². The molecule has 26 heavy (non-hydrogen) atoms. The van der Waals surface area contributed by atoms with Crippen molar-refractivity contribution in [2.75, 3.05) is 24.6 Å². The molecule has 5 nitrogen and oxygen atoms in total. The Morgan fingerprint density at radius 2 is 1.96 bits per heavy atom. The number of nitrogens with two attached hydrogens (primary N) is 1. The first-order valence-electron chi connectivity index (χ1n) is 8.43. The van der Waals surface area contributed by atoms with Gasteiger partial charge in [0.2, 0.25) is 5.91 Å². The van der Waals surface area contributed by atoms with E-state index in [1.807, 2.05) is 24.3 Å². The SMILES string of the molecule is NC(=O)c1cc(N2CCOC(c3ccc(F)cc3)C2)nc2ccccc12. The molecule has 1 aromatic heterocycles. The molecule has 0 spiro atoms. The van der Waals surface area contributed by atoms with Gasteiger partial charge in [-0.1, -0.05) is 30.3 Å². The van der Waals surface area contributed by atoms with Gasteiger partial charge < -0.3 is 15.4 Å². The first-order valence-corrected chi connectivity index (χ1v) is 8.43. The molecule has 1 fully saturated rings. The third-order valence-corrected chi connectivity index (χ3v) is 4.60. The fourth-order valence-corrected chi connectivity index (χ4v) is 3.26. The number of hydrogen-bond donors (Lipinski definition) is 1. The van der Waals surface area contributed by atoms with E-state index in [-0.39, 0.29) is 11.9 Å². The maximum Gasteiger partial charge on any atom is 0.249 e. The lowest BCUT2D eigenvalue weighted by Crippen LogP contribution is -2.39. The topological polar surface area (TPSA) is 68.5 Å². The molecule has 1 aliphatic heterocycles. The van der Waals surface area contributed by atoms with Gasteiger partial charge in [-0.3, -0.25) is 4.79 Å². The zero-order valence-electron chi connectivity index (χ0n) is 14.1. The van der Waals surface area contributed by atoms with Crippen LogP contribution in [0.25, 0.3) is 10.9 Å². The highest BCUT2D eigenvalue weighted by molar-refractivity contribution is 6.06. The number of carbonyl (C=O) groups is 1. The molecule has 4 rings (SSSR count). The summed E-state index contributed by atoms with van der Waals surface area (Å²) in [6.07, 6.45) is -0.186. The lowest BCUT2D eigenvalue weighted by molar-refractivity contribution is 0.0395. The molecule has 0 saturated carbocycles. The molecule has 0 radical (unpaired) electrons. The van der Waals surface area contributed by atoms with Crippen molar-refractivity contribution in [3.63, 3.8) is 0 Å². The molecule has 3 aromatic rings. The summed E-state index contributed by atoms with van der Waals surface area (Å²) >= 11 is 0. The van der Waals surface area contributed by atoms with E-state index < -0.39 is 5.91 Å². The number of halogens is 1. The summed E-state index contributed by atoms with van der Waals surface area (Å²) in [6.45, 7) is 1.73. The number of fused-ring (bicyclic) bond motifs is 1. The fraction of sp³-hybridized carbons (Fsp3) is 0.200. The predicted molar refractivity (Wildman–Crippen MR) is 97.6 cm³/mol. The summed E-state index contributed by atoms with van der Waals surface area (Å²) in [7, 11) is 0. The van der Waals surface area contributed by atoms with Gasteiger partial charge in [0, 0.05) is 18.5 Å². The highest BCUT2D eigenvalue weighted by Gasteiger charge is 2.24. The number of carbonyl (C=O) groups excluding carboxylic acids is 1. The summed E-state index contributed by atoms with van der Waals surface area (Å²) in [5.41, 5.74) is 7.65. The molecule has 132 valence electrons. The average molecular weight is 351 g/mol. The Morgan fingerprint density at radius 3 is 2.73 bits per heavy atom. The van der Waals surface area contributed by atoms with E-state index in [1.54, 1.807) is 18.2 Å². The van der Waals surface area contributed by atoms with Gasteiger partial charge in [-0.05, 0) is 29.8 Å².